The number of carbonyl (C=O) groups excluding carboxylic acids is 1. The van der Waals surface area contributed by atoms with Gasteiger partial charge in [-0.05, 0) is 24.8 Å². The number of aryl methyl sites for hydroxylation is 1. The Morgan fingerprint density at radius 1 is 1.58 bits per heavy atom. The third kappa shape index (κ3) is 1.96. The van der Waals surface area contributed by atoms with Crippen LogP contribution < -0.4 is 0 Å². The predicted octanol–water partition coefficient (Wildman–Crippen LogP) is 2.65. The summed E-state index contributed by atoms with van der Waals surface area (Å²) in [6.07, 6.45) is 0.341. The molecule has 0 atom stereocenters. The molecule has 0 spiro atoms. The highest BCUT2D eigenvalue weighted by atomic mass is 32.1. The van der Waals surface area contributed by atoms with Crippen molar-refractivity contribution < 1.29 is 4.79 Å². The van der Waals surface area contributed by atoms with Gasteiger partial charge in [0.25, 0.3) is 0 Å². The van der Waals surface area contributed by atoms with Crippen LogP contribution in [0.25, 0.3) is 0 Å². The molecule has 1 aromatic heterocycles. The van der Waals surface area contributed by atoms with Gasteiger partial charge < -0.3 is 0 Å². The van der Waals surface area contributed by atoms with Crippen molar-refractivity contribution in [3.63, 3.8) is 0 Å². The second-order valence-corrected chi connectivity index (χ2v) is 3.24. The van der Waals surface area contributed by atoms with E-state index in [9.17, 15) is 4.79 Å². The fraction of sp³-hybridized carbons (Fsp3) is 0.300. The Kier molecular flexibility index (Phi) is 3.07. The van der Waals surface area contributed by atoms with E-state index in [2.05, 4.69) is 11.8 Å². The van der Waals surface area contributed by atoms with Gasteiger partial charge in [0.2, 0.25) is 0 Å². The van der Waals surface area contributed by atoms with Crippen molar-refractivity contribution in [1.82, 2.24) is 0 Å². The smallest absolute Gasteiger partial charge is 0.175 e. The summed E-state index contributed by atoms with van der Waals surface area (Å²) in [7, 11) is 0. The van der Waals surface area contributed by atoms with E-state index >= 15 is 0 Å². The SMILES string of the molecule is CC#CCC(=O)c1cscc1C. The molecule has 0 N–H and O–H groups in total. The van der Waals surface area contributed by atoms with Crippen molar-refractivity contribution in [2.24, 2.45) is 0 Å². The van der Waals surface area contributed by atoms with Gasteiger partial charge in [-0.2, -0.15) is 11.3 Å². The van der Waals surface area contributed by atoms with Crippen molar-refractivity contribution in [1.29, 1.82) is 0 Å². The van der Waals surface area contributed by atoms with Crippen LogP contribution in [0.15, 0.2) is 10.8 Å². The van der Waals surface area contributed by atoms with Gasteiger partial charge in [0, 0.05) is 10.9 Å². The molecule has 1 aromatic rings. The standard InChI is InChI=1S/C10H10OS/c1-3-4-5-10(11)9-7-12-6-8(9)2/h6-7H,5H2,1-2H3. The molecule has 1 heterocycles. The van der Waals surface area contributed by atoms with Crippen molar-refractivity contribution in [2.45, 2.75) is 20.3 Å². The van der Waals surface area contributed by atoms with Crippen LogP contribution in [0.4, 0.5) is 0 Å². The first-order valence-corrected chi connectivity index (χ1v) is 4.65. The van der Waals surface area contributed by atoms with E-state index in [1.54, 1.807) is 18.3 Å². The van der Waals surface area contributed by atoms with Gasteiger partial charge in [-0.25, -0.2) is 0 Å². The number of ketones is 1. The minimum Gasteiger partial charge on any atom is -0.293 e. The minimum atomic E-state index is 0.128. The first-order valence-electron chi connectivity index (χ1n) is 3.71. The second kappa shape index (κ2) is 4.08. The highest BCUT2D eigenvalue weighted by Crippen LogP contribution is 2.15. The van der Waals surface area contributed by atoms with Crippen molar-refractivity contribution >= 4 is 17.1 Å². The van der Waals surface area contributed by atoms with Crippen LogP contribution in [0, 0.1) is 18.8 Å². The van der Waals surface area contributed by atoms with Crippen molar-refractivity contribution in [3.05, 3.63) is 21.9 Å². The third-order valence-corrected chi connectivity index (χ3v) is 2.44. The zero-order valence-corrected chi connectivity index (χ0v) is 7.99. The Morgan fingerprint density at radius 3 is 2.83 bits per heavy atom. The summed E-state index contributed by atoms with van der Waals surface area (Å²) in [5.74, 6) is 5.61. The largest absolute Gasteiger partial charge is 0.293 e. The van der Waals surface area contributed by atoms with Crippen molar-refractivity contribution in [3.8, 4) is 11.8 Å². The van der Waals surface area contributed by atoms with Gasteiger partial charge in [-0.3, -0.25) is 4.79 Å². The molecule has 0 aliphatic rings. The zero-order chi connectivity index (χ0) is 8.97. The molecule has 2 heteroatoms. The molecular weight excluding hydrogens is 168 g/mol. The van der Waals surface area contributed by atoms with Gasteiger partial charge in [0.15, 0.2) is 5.78 Å². The van der Waals surface area contributed by atoms with Crippen LogP contribution in [-0.2, 0) is 0 Å². The molecule has 0 fully saturated rings. The maximum atomic E-state index is 11.4. The molecule has 12 heavy (non-hydrogen) atoms. The van der Waals surface area contributed by atoms with Gasteiger partial charge in [0.1, 0.15) is 0 Å². The highest BCUT2D eigenvalue weighted by Gasteiger charge is 2.07. The van der Waals surface area contributed by atoms with Crippen molar-refractivity contribution in [2.75, 3.05) is 0 Å². The molecular formula is C10H10OS. The summed E-state index contributed by atoms with van der Waals surface area (Å²) < 4.78 is 0. The normalized spacial score (nSPS) is 8.83. The fourth-order valence-corrected chi connectivity index (χ4v) is 1.76. The van der Waals surface area contributed by atoms with Crippen LogP contribution in [0.1, 0.15) is 29.3 Å². The van der Waals surface area contributed by atoms with Crippen LogP contribution in [0.2, 0.25) is 0 Å². The van der Waals surface area contributed by atoms with Gasteiger partial charge in [0.05, 0.1) is 6.42 Å². The van der Waals surface area contributed by atoms with Gasteiger partial charge >= 0.3 is 0 Å². The molecule has 0 saturated carbocycles. The lowest BCUT2D eigenvalue weighted by Crippen LogP contribution is -1.96. The number of Topliss-reactive ketones (excluding diaryl/α,β-unsaturated/α-hetero) is 1. The molecule has 62 valence electrons. The Balaban J connectivity index is 2.76. The van der Waals surface area contributed by atoms with E-state index in [1.807, 2.05) is 17.7 Å². The first kappa shape index (κ1) is 9.02. The quantitative estimate of drug-likeness (QED) is 0.502. The maximum absolute atomic E-state index is 11.4. The number of carbonyl (C=O) groups is 1. The minimum absolute atomic E-state index is 0.128. The Hall–Kier alpha value is -1.07. The first-order chi connectivity index (χ1) is 5.75. The van der Waals surface area contributed by atoms with Crippen LogP contribution in [0.3, 0.4) is 0 Å². The summed E-state index contributed by atoms with van der Waals surface area (Å²) in [6.45, 7) is 3.69. The predicted molar refractivity (Wildman–Crippen MR) is 51.5 cm³/mol. The van der Waals surface area contributed by atoms with Crippen LogP contribution in [0.5, 0.6) is 0 Å². The van der Waals surface area contributed by atoms with E-state index in [1.165, 1.54) is 0 Å². The van der Waals surface area contributed by atoms with E-state index < -0.39 is 0 Å². The lowest BCUT2D eigenvalue weighted by atomic mass is 10.1. The Labute approximate surface area is 76.4 Å². The van der Waals surface area contributed by atoms with Gasteiger partial charge in [-0.15, -0.1) is 5.92 Å². The zero-order valence-electron chi connectivity index (χ0n) is 7.18. The van der Waals surface area contributed by atoms with Crippen LogP contribution >= 0.6 is 11.3 Å². The molecule has 0 saturated heterocycles. The summed E-state index contributed by atoms with van der Waals surface area (Å²) >= 11 is 1.56. The molecule has 0 amide bonds. The topological polar surface area (TPSA) is 17.1 Å². The maximum Gasteiger partial charge on any atom is 0.175 e. The molecule has 0 unspecified atom stereocenters. The van der Waals surface area contributed by atoms with E-state index in [4.69, 9.17) is 0 Å². The number of hydrogen-bond donors (Lipinski definition) is 0. The summed E-state index contributed by atoms with van der Waals surface area (Å²) in [4.78, 5) is 11.4. The van der Waals surface area contributed by atoms with E-state index in [0.717, 1.165) is 11.1 Å². The molecule has 0 radical (unpaired) electrons. The summed E-state index contributed by atoms with van der Waals surface area (Å²) in [5, 5.41) is 3.86. The van der Waals surface area contributed by atoms with E-state index in [0.29, 0.717) is 6.42 Å². The highest BCUT2D eigenvalue weighted by molar-refractivity contribution is 7.08. The average Bonchev–Trinajstić information content (AvgIpc) is 2.47. The summed E-state index contributed by atoms with van der Waals surface area (Å²) in [5.41, 5.74) is 1.88. The number of rotatable bonds is 2. The lowest BCUT2D eigenvalue weighted by Gasteiger charge is -1.92. The number of thiophene rings is 1. The Morgan fingerprint density at radius 2 is 2.33 bits per heavy atom. The van der Waals surface area contributed by atoms with Gasteiger partial charge in [-0.1, -0.05) is 5.92 Å². The Bertz CT molecular complexity index is 338. The summed E-state index contributed by atoms with van der Waals surface area (Å²) in [6, 6.07) is 0. The number of hydrogen-bond acceptors (Lipinski definition) is 2. The van der Waals surface area contributed by atoms with E-state index in [-0.39, 0.29) is 5.78 Å². The molecule has 1 nitrogen and oxygen atoms in total. The second-order valence-electron chi connectivity index (χ2n) is 2.50. The third-order valence-electron chi connectivity index (χ3n) is 1.58. The molecule has 0 aliphatic heterocycles. The molecule has 1 rings (SSSR count). The average molecular weight is 178 g/mol. The van der Waals surface area contributed by atoms with Crippen LogP contribution in [-0.4, -0.2) is 5.78 Å². The molecule has 0 aromatic carbocycles. The lowest BCUT2D eigenvalue weighted by molar-refractivity contribution is 0.0998. The monoisotopic (exact) mass is 178 g/mol. The molecule has 0 bridgehead atoms. The molecule has 0 aliphatic carbocycles. The fourth-order valence-electron chi connectivity index (χ4n) is 0.910.